The number of aliphatic hydroxyl groups excluding tert-OH is 5. The molecule has 10 heteroatoms. The van der Waals surface area contributed by atoms with Crippen LogP contribution in [-0.2, 0) is 19.0 Å². The Bertz CT molecular complexity index is 600. The van der Waals surface area contributed by atoms with Gasteiger partial charge in [0.15, 0.2) is 6.29 Å². The average Bonchev–Trinajstić information content (AvgIpc) is 3.06. The number of carboxylic acid groups (broad SMARTS) is 1. The molecule has 0 radical (unpaired) electrons. The van der Waals surface area contributed by atoms with E-state index in [9.17, 15) is 35.4 Å². The van der Waals surface area contributed by atoms with Gasteiger partial charge in [-0.15, -0.1) is 0 Å². The van der Waals surface area contributed by atoms with Crippen molar-refractivity contribution >= 4 is 5.97 Å². The van der Waals surface area contributed by atoms with Gasteiger partial charge in [0.25, 0.3) is 0 Å². The Labute approximate surface area is 148 Å². The maximum Gasteiger partial charge on any atom is 0.335 e. The molecule has 0 saturated carbocycles. The molecule has 1 saturated heterocycles. The third kappa shape index (κ3) is 3.25. The number of carbonyl (C=O) groups is 1. The third-order valence-electron chi connectivity index (χ3n) is 5.06. The van der Waals surface area contributed by atoms with Crippen LogP contribution in [0.25, 0.3) is 0 Å². The van der Waals surface area contributed by atoms with Crippen LogP contribution in [0.1, 0.15) is 6.42 Å². The summed E-state index contributed by atoms with van der Waals surface area (Å²) in [6, 6.07) is 0. The number of hydrogen-bond donors (Lipinski definition) is 6. The van der Waals surface area contributed by atoms with E-state index in [1.807, 2.05) is 0 Å². The standard InChI is InChI=1S/C16H22O10/c17-3-6-1-2-7-8(14(22)23)5-24-15(10(6)7)26-16-13(21)12(20)11(19)9(4-18)25-16/h1,5,7,9-13,15-21H,2-4H2,(H,22,23)/t7-,9-,10+,11-,12+,13-,15-,16-/m1/s1. The van der Waals surface area contributed by atoms with Gasteiger partial charge in [0.2, 0.25) is 6.29 Å². The second-order valence-electron chi connectivity index (χ2n) is 6.52. The van der Waals surface area contributed by atoms with Crippen molar-refractivity contribution < 1.29 is 49.6 Å². The van der Waals surface area contributed by atoms with Crippen molar-refractivity contribution in [1.82, 2.24) is 0 Å². The molecule has 146 valence electrons. The monoisotopic (exact) mass is 374 g/mol. The number of carboxylic acids is 1. The van der Waals surface area contributed by atoms with Gasteiger partial charge in [-0.2, -0.15) is 0 Å². The zero-order chi connectivity index (χ0) is 19.0. The van der Waals surface area contributed by atoms with E-state index < -0.39 is 61.4 Å². The Morgan fingerprint density at radius 2 is 1.88 bits per heavy atom. The van der Waals surface area contributed by atoms with Gasteiger partial charge in [0, 0.05) is 5.92 Å². The molecule has 8 atom stereocenters. The minimum atomic E-state index is -1.61. The van der Waals surface area contributed by atoms with Crippen LogP contribution in [-0.4, -0.2) is 86.8 Å². The fraction of sp³-hybridized carbons (Fsp3) is 0.688. The van der Waals surface area contributed by atoms with Crippen LogP contribution in [0.5, 0.6) is 0 Å². The Kier molecular flexibility index (Phi) is 5.63. The Hall–Kier alpha value is -1.53. The quantitative estimate of drug-likeness (QED) is 0.288. The molecule has 2 aliphatic heterocycles. The Balaban J connectivity index is 1.80. The van der Waals surface area contributed by atoms with Crippen LogP contribution < -0.4 is 0 Å². The maximum absolute atomic E-state index is 11.4. The minimum Gasteiger partial charge on any atom is -0.478 e. The molecule has 3 rings (SSSR count). The van der Waals surface area contributed by atoms with Crippen molar-refractivity contribution in [3.05, 3.63) is 23.5 Å². The number of aliphatic carboxylic acids is 1. The number of fused-ring (bicyclic) bond motifs is 1. The SMILES string of the molecule is O=C(O)C1=CO[C@H](O[C@H]2O[C@H](CO)[C@@H](O)[C@H](O)[C@H]2O)[C@H]2C(CO)=CC[C@H]12. The smallest absolute Gasteiger partial charge is 0.335 e. The second-order valence-corrected chi connectivity index (χ2v) is 6.52. The molecule has 0 aromatic rings. The zero-order valence-corrected chi connectivity index (χ0v) is 13.7. The molecule has 0 bridgehead atoms. The van der Waals surface area contributed by atoms with Crippen LogP contribution in [0.4, 0.5) is 0 Å². The molecule has 0 aromatic carbocycles. The summed E-state index contributed by atoms with van der Waals surface area (Å²) in [6.07, 6.45) is -5.21. The normalized spacial score (nSPS) is 42.5. The number of rotatable bonds is 5. The topological polar surface area (TPSA) is 166 Å². The second kappa shape index (κ2) is 7.61. The maximum atomic E-state index is 11.4. The highest BCUT2D eigenvalue weighted by Gasteiger charge is 2.49. The summed E-state index contributed by atoms with van der Waals surface area (Å²) in [5.41, 5.74) is 0.583. The number of ether oxygens (including phenoxy) is 3. The summed E-state index contributed by atoms with van der Waals surface area (Å²) in [7, 11) is 0. The number of allylic oxidation sites excluding steroid dienone is 1. The lowest BCUT2D eigenvalue weighted by Gasteiger charge is -2.42. The molecule has 0 aromatic heterocycles. The molecular weight excluding hydrogens is 352 g/mol. The highest BCUT2D eigenvalue weighted by molar-refractivity contribution is 5.87. The molecule has 0 unspecified atom stereocenters. The van der Waals surface area contributed by atoms with Gasteiger partial charge in [0.05, 0.1) is 31.0 Å². The third-order valence-corrected chi connectivity index (χ3v) is 5.06. The van der Waals surface area contributed by atoms with Crippen molar-refractivity contribution in [3.8, 4) is 0 Å². The fourth-order valence-corrected chi connectivity index (χ4v) is 3.62. The van der Waals surface area contributed by atoms with Crippen molar-refractivity contribution in [2.24, 2.45) is 11.8 Å². The van der Waals surface area contributed by atoms with Gasteiger partial charge in [-0.3, -0.25) is 0 Å². The van der Waals surface area contributed by atoms with Crippen LogP contribution in [0.3, 0.4) is 0 Å². The minimum absolute atomic E-state index is 0.0448. The van der Waals surface area contributed by atoms with E-state index in [-0.39, 0.29) is 12.2 Å². The first-order chi connectivity index (χ1) is 12.4. The lowest BCUT2D eigenvalue weighted by atomic mass is 9.83. The lowest BCUT2D eigenvalue weighted by molar-refractivity contribution is -0.339. The number of aliphatic hydroxyl groups is 5. The molecular formula is C16H22O10. The zero-order valence-electron chi connectivity index (χ0n) is 13.7. The molecule has 0 amide bonds. The van der Waals surface area contributed by atoms with E-state index in [4.69, 9.17) is 14.2 Å². The van der Waals surface area contributed by atoms with Gasteiger partial charge in [-0.25, -0.2) is 4.79 Å². The highest BCUT2D eigenvalue weighted by Crippen LogP contribution is 2.44. The predicted molar refractivity (Wildman–Crippen MR) is 82.2 cm³/mol. The number of hydrogen-bond acceptors (Lipinski definition) is 9. The van der Waals surface area contributed by atoms with Crippen LogP contribution in [0.2, 0.25) is 0 Å². The van der Waals surface area contributed by atoms with E-state index in [2.05, 4.69) is 0 Å². The first-order valence-electron chi connectivity index (χ1n) is 8.23. The van der Waals surface area contributed by atoms with Crippen molar-refractivity contribution in [3.63, 3.8) is 0 Å². The largest absolute Gasteiger partial charge is 0.478 e. The van der Waals surface area contributed by atoms with Gasteiger partial charge in [0.1, 0.15) is 24.4 Å². The fourth-order valence-electron chi connectivity index (χ4n) is 3.62. The van der Waals surface area contributed by atoms with Gasteiger partial charge in [-0.05, 0) is 12.0 Å². The Morgan fingerprint density at radius 1 is 1.15 bits per heavy atom. The van der Waals surface area contributed by atoms with Gasteiger partial charge < -0.3 is 44.8 Å². The van der Waals surface area contributed by atoms with E-state index in [0.29, 0.717) is 12.0 Å². The summed E-state index contributed by atoms with van der Waals surface area (Å²) in [5.74, 6) is -2.22. The summed E-state index contributed by atoms with van der Waals surface area (Å²) < 4.78 is 16.3. The molecule has 1 aliphatic carbocycles. The molecule has 3 aliphatic rings. The summed E-state index contributed by atoms with van der Waals surface area (Å²) in [4.78, 5) is 11.4. The first-order valence-corrected chi connectivity index (χ1v) is 8.23. The Morgan fingerprint density at radius 3 is 2.50 bits per heavy atom. The first kappa shape index (κ1) is 19.2. The molecule has 6 N–H and O–H groups in total. The van der Waals surface area contributed by atoms with Crippen LogP contribution in [0.15, 0.2) is 23.5 Å². The molecule has 2 heterocycles. The van der Waals surface area contributed by atoms with Crippen molar-refractivity contribution in [2.45, 2.75) is 43.4 Å². The molecule has 26 heavy (non-hydrogen) atoms. The average molecular weight is 374 g/mol. The van der Waals surface area contributed by atoms with Gasteiger partial charge in [-0.1, -0.05) is 6.08 Å². The predicted octanol–water partition coefficient (Wildman–Crippen LogP) is -2.32. The summed E-state index contributed by atoms with van der Waals surface area (Å²) in [6.45, 7) is -0.917. The van der Waals surface area contributed by atoms with E-state index in [0.717, 1.165) is 6.26 Å². The van der Waals surface area contributed by atoms with Crippen LogP contribution >= 0.6 is 0 Å². The van der Waals surface area contributed by atoms with Gasteiger partial charge >= 0.3 is 5.97 Å². The lowest BCUT2D eigenvalue weighted by Crippen LogP contribution is -2.60. The molecule has 1 fully saturated rings. The van der Waals surface area contributed by atoms with Crippen LogP contribution in [0, 0.1) is 11.8 Å². The van der Waals surface area contributed by atoms with E-state index >= 15 is 0 Å². The van der Waals surface area contributed by atoms with E-state index in [1.54, 1.807) is 6.08 Å². The van der Waals surface area contributed by atoms with Crippen molar-refractivity contribution in [1.29, 1.82) is 0 Å². The molecule has 0 spiro atoms. The van der Waals surface area contributed by atoms with Crippen molar-refractivity contribution in [2.75, 3.05) is 13.2 Å². The summed E-state index contributed by atoms with van der Waals surface area (Å²) in [5, 5.41) is 57.8. The highest BCUT2D eigenvalue weighted by atomic mass is 16.8. The van der Waals surface area contributed by atoms with E-state index in [1.165, 1.54) is 0 Å². The molecule has 10 nitrogen and oxygen atoms in total. The summed E-state index contributed by atoms with van der Waals surface area (Å²) >= 11 is 0.